The SMILES string of the molecule is O=C(O)Nc1ccc(OCc2ccc(Cl)nc2)cc1F. The van der Waals surface area contributed by atoms with Crippen molar-refractivity contribution in [3.8, 4) is 5.75 Å². The van der Waals surface area contributed by atoms with Gasteiger partial charge in [-0.1, -0.05) is 17.7 Å². The molecule has 20 heavy (non-hydrogen) atoms. The van der Waals surface area contributed by atoms with Crippen molar-refractivity contribution in [3.63, 3.8) is 0 Å². The van der Waals surface area contributed by atoms with Gasteiger partial charge in [0.2, 0.25) is 0 Å². The lowest BCUT2D eigenvalue weighted by Gasteiger charge is -2.08. The molecular formula is C13H10ClFN2O3. The van der Waals surface area contributed by atoms with Gasteiger partial charge in [-0.05, 0) is 18.2 Å². The van der Waals surface area contributed by atoms with Gasteiger partial charge in [-0.2, -0.15) is 0 Å². The second-order valence-electron chi connectivity index (χ2n) is 3.85. The molecule has 0 bridgehead atoms. The lowest BCUT2D eigenvalue weighted by Crippen LogP contribution is -2.08. The van der Waals surface area contributed by atoms with E-state index < -0.39 is 11.9 Å². The first-order chi connectivity index (χ1) is 9.54. The van der Waals surface area contributed by atoms with E-state index in [0.29, 0.717) is 5.15 Å². The highest BCUT2D eigenvalue weighted by Crippen LogP contribution is 2.21. The van der Waals surface area contributed by atoms with E-state index in [2.05, 4.69) is 4.98 Å². The second-order valence-corrected chi connectivity index (χ2v) is 4.24. The van der Waals surface area contributed by atoms with Crippen LogP contribution in [0.1, 0.15) is 5.56 Å². The van der Waals surface area contributed by atoms with Gasteiger partial charge in [0.05, 0.1) is 5.69 Å². The van der Waals surface area contributed by atoms with E-state index in [1.807, 2.05) is 5.32 Å². The highest BCUT2D eigenvalue weighted by molar-refractivity contribution is 6.29. The van der Waals surface area contributed by atoms with Crippen LogP contribution in [0.3, 0.4) is 0 Å². The summed E-state index contributed by atoms with van der Waals surface area (Å²) in [6.07, 6.45) is 0.226. The fourth-order valence-corrected chi connectivity index (χ4v) is 1.57. The third-order valence-corrected chi connectivity index (χ3v) is 2.60. The minimum absolute atomic E-state index is 0.127. The maximum absolute atomic E-state index is 13.6. The van der Waals surface area contributed by atoms with Gasteiger partial charge in [0.1, 0.15) is 17.5 Å². The molecule has 104 valence electrons. The molecule has 0 fully saturated rings. The number of anilines is 1. The van der Waals surface area contributed by atoms with Gasteiger partial charge < -0.3 is 9.84 Å². The first kappa shape index (κ1) is 14.1. The van der Waals surface area contributed by atoms with Gasteiger partial charge in [-0.25, -0.2) is 14.2 Å². The van der Waals surface area contributed by atoms with E-state index in [1.165, 1.54) is 12.1 Å². The van der Waals surface area contributed by atoms with Crippen LogP contribution in [0.25, 0.3) is 0 Å². The molecule has 0 saturated heterocycles. The largest absolute Gasteiger partial charge is 0.489 e. The fraction of sp³-hybridized carbons (Fsp3) is 0.0769. The Morgan fingerprint density at radius 3 is 2.80 bits per heavy atom. The number of pyridine rings is 1. The molecule has 0 radical (unpaired) electrons. The van der Waals surface area contributed by atoms with Gasteiger partial charge in [-0.15, -0.1) is 0 Å². The number of nitrogens with zero attached hydrogens (tertiary/aromatic N) is 1. The van der Waals surface area contributed by atoms with Crippen molar-refractivity contribution in [2.24, 2.45) is 0 Å². The molecule has 0 spiro atoms. The van der Waals surface area contributed by atoms with Crippen LogP contribution in [0.4, 0.5) is 14.9 Å². The molecule has 1 aromatic heterocycles. The normalized spacial score (nSPS) is 10.1. The van der Waals surface area contributed by atoms with Crippen molar-refractivity contribution in [3.05, 3.63) is 53.1 Å². The number of benzene rings is 1. The molecular weight excluding hydrogens is 287 g/mol. The summed E-state index contributed by atoms with van der Waals surface area (Å²) in [5.74, 6) is -0.424. The molecule has 0 aliphatic rings. The first-order valence-corrected chi connectivity index (χ1v) is 5.95. The molecule has 2 N–H and O–H groups in total. The molecule has 0 atom stereocenters. The summed E-state index contributed by atoms with van der Waals surface area (Å²) in [5.41, 5.74) is 0.653. The van der Waals surface area contributed by atoms with Crippen LogP contribution >= 0.6 is 11.6 Å². The summed E-state index contributed by atoms with van der Waals surface area (Å²) in [5, 5.41) is 10.8. The number of amides is 1. The predicted octanol–water partition coefficient (Wildman–Crippen LogP) is 3.54. The Bertz CT molecular complexity index is 620. The molecule has 1 heterocycles. The Morgan fingerprint density at radius 1 is 1.40 bits per heavy atom. The maximum atomic E-state index is 13.6. The van der Waals surface area contributed by atoms with Crippen LogP contribution in [0.15, 0.2) is 36.5 Å². The Morgan fingerprint density at radius 2 is 2.20 bits per heavy atom. The molecule has 1 aromatic carbocycles. The van der Waals surface area contributed by atoms with Crippen LogP contribution in [-0.4, -0.2) is 16.2 Å². The standard InChI is InChI=1S/C13H10ClFN2O3/c14-12-4-1-8(6-16-12)7-20-9-2-3-11(10(15)5-9)17-13(18)19/h1-6,17H,7H2,(H,18,19). The summed E-state index contributed by atoms with van der Waals surface area (Å²) in [7, 11) is 0. The predicted molar refractivity (Wildman–Crippen MR) is 71.6 cm³/mol. The van der Waals surface area contributed by atoms with Crippen LogP contribution in [0.2, 0.25) is 5.15 Å². The number of rotatable bonds is 4. The van der Waals surface area contributed by atoms with Gasteiger partial charge >= 0.3 is 6.09 Å². The van der Waals surface area contributed by atoms with Crippen molar-refractivity contribution in [1.29, 1.82) is 0 Å². The summed E-state index contributed by atoms with van der Waals surface area (Å²) >= 11 is 5.65. The number of carboxylic acid groups (broad SMARTS) is 1. The van der Waals surface area contributed by atoms with E-state index in [1.54, 1.807) is 18.3 Å². The number of ether oxygens (including phenoxy) is 1. The first-order valence-electron chi connectivity index (χ1n) is 5.57. The summed E-state index contributed by atoms with van der Waals surface area (Å²) in [4.78, 5) is 14.3. The van der Waals surface area contributed by atoms with Crippen molar-refractivity contribution in [2.45, 2.75) is 6.61 Å². The lowest BCUT2D eigenvalue weighted by atomic mass is 10.3. The summed E-state index contributed by atoms with van der Waals surface area (Å²) < 4.78 is 18.9. The van der Waals surface area contributed by atoms with Crippen LogP contribution in [0.5, 0.6) is 5.75 Å². The van der Waals surface area contributed by atoms with E-state index in [9.17, 15) is 9.18 Å². The average Bonchev–Trinajstić information content (AvgIpc) is 2.40. The molecule has 2 aromatic rings. The minimum atomic E-state index is -1.33. The highest BCUT2D eigenvalue weighted by atomic mass is 35.5. The molecule has 0 aliphatic carbocycles. The fourth-order valence-electron chi connectivity index (χ4n) is 1.46. The molecule has 1 amide bonds. The monoisotopic (exact) mass is 296 g/mol. The maximum Gasteiger partial charge on any atom is 0.409 e. The van der Waals surface area contributed by atoms with Crippen molar-refractivity contribution in [1.82, 2.24) is 4.98 Å². The van der Waals surface area contributed by atoms with Crippen molar-refractivity contribution in [2.75, 3.05) is 5.32 Å². The Hall–Kier alpha value is -2.34. The van der Waals surface area contributed by atoms with Crippen LogP contribution in [-0.2, 0) is 6.61 Å². The number of halogens is 2. The zero-order valence-corrected chi connectivity index (χ0v) is 10.9. The van der Waals surface area contributed by atoms with Gasteiger partial charge in [0.25, 0.3) is 0 Å². The topological polar surface area (TPSA) is 71.5 Å². The molecule has 0 aliphatic heterocycles. The lowest BCUT2D eigenvalue weighted by molar-refractivity contribution is 0.209. The van der Waals surface area contributed by atoms with Crippen molar-refractivity contribution < 1.29 is 19.0 Å². The molecule has 0 saturated carbocycles. The summed E-state index contributed by atoms with van der Waals surface area (Å²) in [6, 6.07) is 7.23. The van der Waals surface area contributed by atoms with Gasteiger partial charge in [0, 0.05) is 17.8 Å². The van der Waals surface area contributed by atoms with E-state index in [4.69, 9.17) is 21.4 Å². The second kappa shape index (κ2) is 6.21. The third-order valence-electron chi connectivity index (χ3n) is 2.38. The average molecular weight is 297 g/mol. The zero-order valence-electron chi connectivity index (χ0n) is 10.1. The Balaban J connectivity index is 2.01. The molecule has 5 nitrogen and oxygen atoms in total. The van der Waals surface area contributed by atoms with Gasteiger partial charge in [0.15, 0.2) is 5.82 Å². The van der Waals surface area contributed by atoms with Crippen LogP contribution in [0, 0.1) is 5.82 Å². The Kier molecular flexibility index (Phi) is 4.37. The highest BCUT2D eigenvalue weighted by Gasteiger charge is 2.07. The summed E-state index contributed by atoms with van der Waals surface area (Å²) in [6.45, 7) is 0.204. The number of nitrogens with one attached hydrogen (secondary N) is 1. The Labute approximate surface area is 119 Å². The number of aromatic nitrogens is 1. The number of carbonyl (C=O) groups is 1. The van der Waals surface area contributed by atoms with Gasteiger partial charge in [-0.3, -0.25) is 5.32 Å². The third kappa shape index (κ3) is 3.83. The molecule has 7 heteroatoms. The van der Waals surface area contributed by atoms with Crippen molar-refractivity contribution >= 4 is 23.4 Å². The van der Waals surface area contributed by atoms with E-state index in [-0.39, 0.29) is 18.0 Å². The smallest absolute Gasteiger partial charge is 0.409 e. The number of hydrogen-bond donors (Lipinski definition) is 2. The quantitative estimate of drug-likeness (QED) is 0.847. The number of hydrogen-bond acceptors (Lipinski definition) is 3. The van der Waals surface area contributed by atoms with E-state index >= 15 is 0 Å². The minimum Gasteiger partial charge on any atom is -0.489 e. The molecule has 0 unspecified atom stereocenters. The van der Waals surface area contributed by atoms with Crippen LogP contribution < -0.4 is 10.1 Å². The van der Waals surface area contributed by atoms with E-state index in [0.717, 1.165) is 11.6 Å². The molecule has 2 rings (SSSR count). The zero-order chi connectivity index (χ0) is 14.5.